The fraction of sp³-hybridized carbons (Fsp3) is 0.625. The van der Waals surface area contributed by atoms with E-state index in [-0.39, 0.29) is 23.1 Å². The van der Waals surface area contributed by atoms with Crippen LogP contribution in [0.2, 0.25) is 0 Å². The van der Waals surface area contributed by atoms with Crippen molar-refractivity contribution >= 4 is 39.3 Å². The largest absolute Gasteiger partial charge is 0.444 e. The van der Waals surface area contributed by atoms with Gasteiger partial charge in [-0.25, -0.2) is 9.18 Å². The van der Waals surface area contributed by atoms with E-state index in [0.717, 1.165) is 11.3 Å². The lowest BCUT2D eigenvalue weighted by Gasteiger charge is -2.38. The van der Waals surface area contributed by atoms with E-state index in [2.05, 4.69) is 21.2 Å². The molecule has 2 atom stereocenters. The van der Waals surface area contributed by atoms with Crippen molar-refractivity contribution < 1.29 is 18.7 Å². The van der Waals surface area contributed by atoms with Crippen molar-refractivity contribution in [2.45, 2.75) is 58.2 Å². The van der Waals surface area contributed by atoms with E-state index >= 15 is 0 Å². The van der Waals surface area contributed by atoms with E-state index in [1.807, 2.05) is 27.7 Å². The molecule has 1 aromatic rings. The van der Waals surface area contributed by atoms with Crippen LogP contribution in [0.15, 0.2) is 9.85 Å². The molecule has 0 saturated carbocycles. The highest BCUT2D eigenvalue weighted by Gasteiger charge is 2.32. The lowest BCUT2D eigenvalue weighted by Crippen LogP contribution is -2.52. The predicted octanol–water partition coefficient (Wildman–Crippen LogP) is 4.17. The Hall–Kier alpha value is -1.15. The van der Waals surface area contributed by atoms with Crippen LogP contribution in [-0.4, -0.2) is 41.1 Å². The number of nitrogens with one attached hydrogen (secondary N) is 1. The fourth-order valence-corrected chi connectivity index (χ4v) is 3.99. The van der Waals surface area contributed by atoms with Gasteiger partial charge in [0.05, 0.1) is 3.79 Å². The maximum absolute atomic E-state index is 13.7. The minimum absolute atomic E-state index is 0.0566. The maximum atomic E-state index is 13.7. The lowest BCUT2D eigenvalue weighted by molar-refractivity contribution is 0.00961. The number of likely N-dealkylation sites (tertiary alicyclic amines) is 1. The van der Waals surface area contributed by atoms with E-state index in [9.17, 15) is 14.0 Å². The molecule has 2 amide bonds. The zero-order chi connectivity index (χ0) is 18.1. The average molecular weight is 421 g/mol. The highest BCUT2D eigenvalue weighted by atomic mass is 79.9. The summed E-state index contributed by atoms with van der Waals surface area (Å²) in [5.74, 6) is -0.935. The van der Waals surface area contributed by atoms with Gasteiger partial charge in [-0.2, -0.15) is 0 Å². The minimum atomic E-state index is -0.536. The van der Waals surface area contributed by atoms with Crippen LogP contribution in [0.1, 0.15) is 50.2 Å². The highest BCUT2D eigenvalue weighted by molar-refractivity contribution is 9.11. The molecule has 0 aromatic carbocycles. The third kappa shape index (κ3) is 4.92. The second-order valence-corrected chi connectivity index (χ2v) is 9.38. The van der Waals surface area contributed by atoms with Crippen molar-refractivity contribution in [3.8, 4) is 0 Å². The molecule has 1 saturated heterocycles. The van der Waals surface area contributed by atoms with Crippen molar-refractivity contribution in [1.29, 1.82) is 0 Å². The van der Waals surface area contributed by atoms with Crippen molar-refractivity contribution in [2.75, 3.05) is 6.54 Å². The molecule has 5 nitrogen and oxygen atoms in total. The van der Waals surface area contributed by atoms with E-state index in [1.165, 1.54) is 6.07 Å². The lowest BCUT2D eigenvalue weighted by atomic mass is 9.98. The van der Waals surface area contributed by atoms with Crippen LogP contribution in [0.5, 0.6) is 0 Å². The van der Waals surface area contributed by atoms with E-state index in [0.29, 0.717) is 23.2 Å². The highest BCUT2D eigenvalue weighted by Crippen LogP contribution is 2.27. The third-order valence-corrected chi connectivity index (χ3v) is 5.31. The first-order valence-electron chi connectivity index (χ1n) is 7.82. The van der Waals surface area contributed by atoms with Crippen molar-refractivity contribution in [3.63, 3.8) is 0 Å². The van der Waals surface area contributed by atoms with Gasteiger partial charge < -0.3 is 15.0 Å². The molecule has 134 valence electrons. The number of rotatable bonds is 2. The zero-order valence-corrected chi connectivity index (χ0v) is 16.6. The summed E-state index contributed by atoms with van der Waals surface area (Å²) in [7, 11) is 0. The quantitative estimate of drug-likeness (QED) is 0.780. The van der Waals surface area contributed by atoms with Crippen LogP contribution in [0.25, 0.3) is 0 Å². The van der Waals surface area contributed by atoms with Gasteiger partial charge in [0.15, 0.2) is 0 Å². The number of hydrogen-bond donors (Lipinski definition) is 1. The minimum Gasteiger partial charge on any atom is -0.444 e. The number of ether oxygens (including phenoxy) is 1. The van der Waals surface area contributed by atoms with Crippen molar-refractivity contribution in [1.82, 2.24) is 10.2 Å². The molecule has 2 heterocycles. The van der Waals surface area contributed by atoms with Gasteiger partial charge >= 0.3 is 6.09 Å². The number of carbonyl (C=O) groups excluding carboxylic acids is 2. The summed E-state index contributed by atoms with van der Waals surface area (Å²) < 4.78 is 19.6. The second kappa shape index (κ2) is 7.39. The van der Waals surface area contributed by atoms with Crippen LogP contribution in [0.4, 0.5) is 9.18 Å². The molecule has 24 heavy (non-hydrogen) atoms. The molecule has 0 aliphatic carbocycles. The first-order valence-corrected chi connectivity index (χ1v) is 9.43. The van der Waals surface area contributed by atoms with E-state index in [4.69, 9.17) is 4.74 Å². The van der Waals surface area contributed by atoms with Gasteiger partial charge in [-0.3, -0.25) is 4.79 Å². The normalized spacial score (nSPS) is 21.5. The molecule has 0 spiro atoms. The maximum Gasteiger partial charge on any atom is 0.410 e. The SMILES string of the molecule is CC1CC(NC(=O)c2sc(Br)cc2F)CCN1C(=O)OC(C)(C)C. The van der Waals surface area contributed by atoms with Crippen LogP contribution in [0, 0.1) is 5.82 Å². The number of amides is 2. The summed E-state index contributed by atoms with van der Waals surface area (Å²) in [6.07, 6.45) is 0.885. The molecule has 8 heteroatoms. The van der Waals surface area contributed by atoms with Crippen LogP contribution in [-0.2, 0) is 4.74 Å². The van der Waals surface area contributed by atoms with Gasteiger partial charge in [-0.15, -0.1) is 11.3 Å². The number of piperidine rings is 1. The molecular formula is C16H22BrFN2O3S. The van der Waals surface area contributed by atoms with Gasteiger partial charge in [-0.1, -0.05) is 0 Å². The summed E-state index contributed by atoms with van der Waals surface area (Å²) in [4.78, 5) is 26.1. The Kier molecular flexibility index (Phi) is 5.91. The van der Waals surface area contributed by atoms with Gasteiger partial charge in [0, 0.05) is 18.6 Å². The van der Waals surface area contributed by atoms with E-state index < -0.39 is 17.3 Å². The first kappa shape index (κ1) is 19.2. The Labute approximate surface area is 153 Å². The summed E-state index contributed by atoms with van der Waals surface area (Å²) in [5, 5.41) is 2.86. The number of carbonyl (C=O) groups is 2. The second-order valence-electron chi connectivity index (χ2n) is 6.95. The molecule has 0 radical (unpaired) electrons. The Balaban J connectivity index is 1.92. The molecule has 1 aromatic heterocycles. The van der Waals surface area contributed by atoms with Crippen LogP contribution < -0.4 is 5.32 Å². The van der Waals surface area contributed by atoms with Gasteiger partial charge in [0.2, 0.25) is 0 Å². The molecule has 2 rings (SSSR count). The molecule has 1 aliphatic rings. The van der Waals surface area contributed by atoms with Gasteiger partial charge in [0.1, 0.15) is 16.3 Å². The monoisotopic (exact) mass is 420 g/mol. The fourth-order valence-electron chi connectivity index (χ4n) is 2.64. The average Bonchev–Trinajstić information content (AvgIpc) is 2.75. The third-order valence-electron chi connectivity index (χ3n) is 3.70. The van der Waals surface area contributed by atoms with Crippen LogP contribution in [0.3, 0.4) is 0 Å². The molecule has 0 bridgehead atoms. The number of hydrogen-bond acceptors (Lipinski definition) is 4. The van der Waals surface area contributed by atoms with Crippen LogP contribution >= 0.6 is 27.3 Å². The summed E-state index contributed by atoms with van der Waals surface area (Å²) in [6.45, 7) is 7.91. The van der Waals surface area contributed by atoms with Gasteiger partial charge in [-0.05, 0) is 62.5 Å². The van der Waals surface area contributed by atoms with Crippen molar-refractivity contribution in [3.05, 3.63) is 20.5 Å². The number of nitrogens with zero attached hydrogens (tertiary/aromatic N) is 1. The van der Waals surface area contributed by atoms with Crippen molar-refractivity contribution in [2.24, 2.45) is 0 Å². The smallest absolute Gasteiger partial charge is 0.410 e. The number of halogens is 2. The Morgan fingerprint density at radius 1 is 1.46 bits per heavy atom. The predicted molar refractivity (Wildman–Crippen MR) is 94.9 cm³/mol. The topological polar surface area (TPSA) is 58.6 Å². The number of thiophene rings is 1. The summed E-state index contributed by atoms with van der Waals surface area (Å²) in [5.41, 5.74) is -0.536. The summed E-state index contributed by atoms with van der Waals surface area (Å²) >= 11 is 4.24. The summed E-state index contributed by atoms with van der Waals surface area (Å²) in [6, 6.07) is 1.14. The Bertz CT molecular complexity index is 629. The van der Waals surface area contributed by atoms with Gasteiger partial charge in [0.25, 0.3) is 5.91 Å². The Morgan fingerprint density at radius 3 is 2.62 bits per heavy atom. The molecule has 2 unspecified atom stereocenters. The molecular weight excluding hydrogens is 399 g/mol. The zero-order valence-electron chi connectivity index (χ0n) is 14.2. The molecule has 1 fully saturated rings. The van der Waals surface area contributed by atoms with E-state index in [1.54, 1.807) is 4.90 Å². The first-order chi connectivity index (χ1) is 11.1. The standard InChI is InChI=1S/C16H22BrFN2O3S/c1-9-7-10(5-6-20(9)15(22)23-16(2,3)4)19-14(21)13-11(18)8-12(17)24-13/h8-10H,5-7H2,1-4H3,(H,19,21). The molecule has 1 N–H and O–H groups in total. The Morgan fingerprint density at radius 2 is 2.12 bits per heavy atom. The molecule has 1 aliphatic heterocycles.